The number of aromatic hydroxyl groups is 1. The van der Waals surface area contributed by atoms with Crippen molar-refractivity contribution in [2.75, 3.05) is 0 Å². The van der Waals surface area contributed by atoms with Crippen molar-refractivity contribution >= 4 is 5.65 Å². The predicted molar refractivity (Wildman–Crippen MR) is 33.5 cm³/mol. The van der Waals surface area contributed by atoms with Crippen LogP contribution in [0.25, 0.3) is 5.65 Å². The molecule has 0 unspecified atom stereocenters. The summed E-state index contributed by atoms with van der Waals surface area (Å²) in [6.07, 6.45) is 3.12. The highest BCUT2D eigenvalue weighted by Crippen LogP contribution is 2.03. The zero-order chi connectivity index (χ0) is 6.97. The van der Waals surface area contributed by atoms with Gasteiger partial charge in [0.05, 0.1) is 12.3 Å². The van der Waals surface area contributed by atoms with Crippen molar-refractivity contribution in [1.29, 1.82) is 0 Å². The van der Waals surface area contributed by atoms with Crippen LogP contribution in [0.2, 0.25) is 0 Å². The van der Waals surface area contributed by atoms with E-state index < -0.39 is 0 Å². The Morgan fingerprint density at radius 3 is 3.40 bits per heavy atom. The molecule has 0 aliphatic carbocycles. The monoisotopic (exact) mass is 134 g/mol. The first-order valence-corrected chi connectivity index (χ1v) is 2.77. The van der Waals surface area contributed by atoms with Gasteiger partial charge in [-0.05, 0) is 0 Å². The summed E-state index contributed by atoms with van der Waals surface area (Å²) in [5.41, 5.74) is 0.528. The lowest BCUT2D eigenvalue weighted by molar-refractivity contribution is 0.453. The zero-order valence-corrected chi connectivity index (χ0v) is 5.02. The molecule has 2 rings (SSSR count). The van der Waals surface area contributed by atoms with E-state index >= 15 is 0 Å². The molecule has 2 heterocycles. The standard InChI is InChI=1S/C6H4N3O/c10-6-2-4-9-5(8-6)1-3-7-9/h2-4H,(H,8,10). The highest BCUT2D eigenvalue weighted by molar-refractivity contribution is 5.35. The first-order valence-electron chi connectivity index (χ1n) is 2.77. The van der Waals surface area contributed by atoms with E-state index in [1.807, 2.05) is 0 Å². The van der Waals surface area contributed by atoms with Gasteiger partial charge in [-0.25, -0.2) is 4.52 Å². The molecule has 4 heteroatoms. The minimum atomic E-state index is -0.00995. The van der Waals surface area contributed by atoms with Gasteiger partial charge in [-0.3, -0.25) is 0 Å². The van der Waals surface area contributed by atoms with Gasteiger partial charge in [-0.1, -0.05) is 0 Å². The molecule has 4 nitrogen and oxygen atoms in total. The molecule has 0 bridgehead atoms. The van der Waals surface area contributed by atoms with Gasteiger partial charge in [0.25, 0.3) is 0 Å². The van der Waals surface area contributed by atoms with Crippen LogP contribution in [0, 0.1) is 6.07 Å². The lowest BCUT2D eigenvalue weighted by Crippen LogP contribution is -1.87. The highest BCUT2D eigenvalue weighted by Gasteiger charge is 1.94. The summed E-state index contributed by atoms with van der Waals surface area (Å²) in [5, 5.41) is 12.7. The second kappa shape index (κ2) is 1.70. The molecule has 2 aromatic rings. The van der Waals surface area contributed by atoms with E-state index in [0.717, 1.165) is 0 Å². The van der Waals surface area contributed by atoms with Crippen molar-refractivity contribution in [1.82, 2.24) is 14.6 Å². The molecule has 2 aromatic heterocycles. The zero-order valence-electron chi connectivity index (χ0n) is 5.02. The van der Waals surface area contributed by atoms with E-state index in [9.17, 15) is 0 Å². The summed E-state index contributed by atoms with van der Waals surface area (Å²) in [4.78, 5) is 3.74. The second-order valence-corrected chi connectivity index (χ2v) is 1.84. The van der Waals surface area contributed by atoms with Crippen LogP contribution in [0.4, 0.5) is 0 Å². The first kappa shape index (κ1) is 5.22. The summed E-state index contributed by atoms with van der Waals surface area (Å²) in [5.74, 6) is -0.00995. The van der Waals surface area contributed by atoms with Crippen molar-refractivity contribution in [3.05, 3.63) is 24.5 Å². The Balaban J connectivity index is 2.86. The molecular formula is C6H4N3O. The third-order valence-corrected chi connectivity index (χ3v) is 1.18. The van der Waals surface area contributed by atoms with E-state index in [1.54, 1.807) is 6.20 Å². The molecule has 0 aliphatic heterocycles. The Kier molecular flexibility index (Phi) is 0.887. The van der Waals surface area contributed by atoms with Crippen LogP contribution < -0.4 is 0 Å². The summed E-state index contributed by atoms with van der Waals surface area (Å²) in [6.45, 7) is 0. The van der Waals surface area contributed by atoms with Gasteiger partial charge in [-0.15, -0.1) is 0 Å². The minimum Gasteiger partial charge on any atom is -0.493 e. The Morgan fingerprint density at radius 1 is 1.60 bits per heavy atom. The van der Waals surface area contributed by atoms with Crippen LogP contribution in [0.15, 0.2) is 18.5 Å². The van der Waals surface area contributed by atoms with E-state index in [2.05, 4.69) is 16.1 Å². The van der Waals surface area contributed by atoms with Gasteiger partial charge in [0, 0.05) is 12.3 Å². The second-order valence-electron chi connectivity index (χ2n) is 1.84. The fraction of sp³-hybridized carbons (Fsp3) is 0. The molecule has 0 fully saturated rings. The maximum atomic E-state index is 8.88. The molecule has 10 heavy (non-hydrogen) atoms. The van der Waals surface area contributed by atoms with Crippen molar-refractivity contribution in [3.8, 4) is 5.88 Å². The summed E-state index contributed by atoms with van der Waals surface area (Å²) >= 11 is 0. The van der Waals surface area contributed by atoms with Gasteiger partial charge >= 0.3 is 0 Å². The number of nitrogens with zero attached hydrogens (tertiary/aromatic N) is 3. The molecule has 0 saturated heterocycles. The van der Waals surface area contributed by atoms with Crippen LogP contribution in [-0.4, -0.2) is 19.7 Å². The van der Waals surface area contributed by atoms with Crippen LogP contribution in [0.5, 0.6) is 5.88 Å². The summed E-state index contributed by atoms with van der Waals surface area (Å²) < 4.78 is 1.53. The number of fused-ring (bicyclic) bond motifs is 1. The van der Waals surface area contributed by atoms with Gasteiger partial charge in [-0.2, -0.15) is 10.1 Å². The molecule has 1 radical (unpaired) electrons. The van der Waals surface area contributed by atoms with Gasteiger partial charge in [0.2, 0.25) is 5.88 Å². The van der Waals surface area contributed by atoms with Crippen molar-refractivity contribution < 1.29 is 5.11 Å². The molecule has 1 N–H and O–H groups in total. The lowest BCUT2D eigenvalue weighted by Gasteiger charge is -1.90. The van der Waals surface area contributed by atoms with Crippen LogP contribution in [0.1, 0.15) is 0 Å². The fourth-order valence-corrected chi connectivity index (χ4v) is 0.745. The predicted octanol–water partition coefficient (Wildman–Crippen LogP) is 0.235. The van der Waals surface area contributed by atoms with E-state index in [0.29, 0.717) is 5.65 Å². The van der Waals surface area contributed by atoms with E-state index in [4.69, 9.17) is 5.11 Å². The molecule has 0 aliphatic rings. The van der Waals surface area contributed by atoms with Gasteiger partial charge < -0.3 is 5.11 Å². The van der Waals surface area contributed by atoms with Crippen LogP contribution in [-0.2, 0) is 0 Å². The molecule has 0 atom stereocenters. The first-order chi connectivity index (χ1) is 4.86. The Hall–Kier alpha value is -1.58. The highest BCUT2D eigenvalue weighted by atomic mass is 16.3. The van der Waals surface area contributed by atoms with Crippen molar-refractivity contribution in [2.45, 2.75) is 0 Å². The maximum Gasteiger partial charge on any atom is 0.214 e. The maximum absolute atomic E-state index is 8.88. The summed E-state index contributed by atoms with van der Waals surface area (Å²) in [7, 11) is 0. The molecule has 0 aromatic carbocycles. The van der Waals surface area contributed by atoms with Crippen LogP contribution in [0.3, 0.4) is 0 Å². The molecule has 0 spiro atoms. The fourth-order valence-electron chi connectivity index (χ4n) is 0.745. The molecular weight excluding hydrogens is 130 g/mol. The van der Waals surface area contributed by atoms with Crippen molar-refractivity contribution in [2.24, 2.45) is 0 Å². The van der Waals surface area contributed by atoms with Crippen LogP contribution >= 0.6 is 0 Å². The number of hydrogen-bond acceptors (Lipinski definition) is 3. The Labute approximate surface area is 56.8 Å². The SMILES string of the molecule is Oc1ccn2nc[c]c2n1. The van der Waals surface area contributed by atoms with Gasteiger partial charge in [0.1, 0.15) is 0 Å². The largest absolute Gasteiger partial charge is 0.493 e. The summed E-state index contributed by atoms with van der Waals surface area (Å²) in [6, 6.07) is 4.21. The Bertz CT molecular complexity index is 355. The molecule has 49 valence electrons. The minimum absolute atomic E-state index is 0.00995. The van der Waals surface area contributed by atoms with Gasteiger partial charge in [0.15, 0.2) is 5.65 Å². The average Bonchev–Trinajstić information content (AvgIpc) is 2.33. The molecule has 0 amide bonds. The topological polar surface area (TPSA) is 50.4 Å². The number of aromatic nitrogens is 3. The lowest BCUT2D eigenvalue weighted by atomic mass is 10.6. The normalized spacial score (nSPS) is 10.4. The molecule has 0 saturated carbocycles. The number of hydrogen-bond donors (Lipinski definition) is 1. The van der Waals surface area contributed by atoms with E-state index in [1.165, 1.54) is 16.8 Å². The quantitative estimate of drug-likeness (QED) is 0.561. The third kappa shape index (κ3) is 0.621. The number of rotatable bonds is 0. The van der Waals surface area contributed by atoms with E-state index in [-0.39, 0.29) is 5.88 Å². The third-order valence-electron chi connectivity index (χ3n) is 1.18. The smallest absolute Gasteiger partial charge is 0.214 e. The van der Waals surface area contributed by atoms with Crippen molar-refractivity contribution in [3.63, 3.8) is 0 Å². The average molecular weight is 134 g/mol. The Morgan fingerprint density at radius 2 is 2.50 bits per heavy atom.